The predicted octanol–water partition coefficient (Wildman–Crippen LogP) is 11.9. The molecular weight excluding hydrogens is 830 g/mol. The number of hydrogen-bond donors (Lipinski definition) is 0. The Hall–Kier alpha value is -5.38. The second kappa shape index (κ2) is 13.9. The molecule has 0 saturated carbocycles. The van der Waals surface area contributed by atoms with Crippen LogP contribution in [-0.4, -0.2) is 21.4 Å². The summed E-state index contributed by atoms with van der Waals surface area (Å²) in [5.41, 5.74) is 14.5. The monoisotopic (exact) mass is 869 g/mol. The quantitative estimate of drug-likeness (QED) is 0.149. The molecule has 6 aromatic carbocycles. The molecule has 0 radical (unpaired) electrons. The fraction of sp³-hybridized carbons (Fsp3) is 0.149. The van der Waals surface area contributed by atoms with E-state index in [1.807, 2.05) is 0 Å². The Morgan fingerprint density at radius 2 is 1.26 bits per heavy atom. The van der Waals surface area contributed by atoms with Crippen molar-refractivity contribution in [2.45, 2.75) is 39.5 Å². The molecule has 0 atom stereocenters. The zero-order valence-electron chi connectivity index (χ0n) is 30.5. The van der Waals surface area contributed by atoms with E-state index in [1.54, 1.807) is 0 Å². The second-order valence-electron chi connectivity index (χ2n) is 14.3. The maximum atomic E-state index is 5.15. The van der Waals surface area contributed by atoms with Crippen LogP contribution >= 0.6 is 0 Å². The van der Waals surface area contributed by atoms with Crippen molar-refractivity contribution in [1.29, 1.82) is 0 Å². The van der Waals surface area contributed by atoms with E-state index in [0.29, 0.717) is 11.8 Å². The van der Waals surface area contributed by atoms with Crippen LogP contribution in [0.3, 0.4) is 0 Å². The third-order valence-corrected chi connectivity index (χ3v) is 10.3. The zero-order chi connectivity index (χ0) is 35.5. The van der Waals surface area contributed by atoms with Gasteiger partial charge in [-0.05, 0) is 64.8 Å². The third kappa shape index (κ3) is 5.79. The number of fused-ring (bicyclic) bond motifs is 4. The van der Waals surface area contributed by atoms with E-state index >= 15 is 0 Å². The standard InChI is InChI=1S/C47H40N5.Pt/c1-31(2)37-20-14-21-38(32(3)4)46(37)41-29-48-52(47(41)33-15-7-6-8-16-33)36-25-26-40-39-19-9-10-22-42(39)51(45(40)28-36)35-18-13-17-34(27-35)50-30-49(5)43-23-11-12-24-44(43)50;/h6-26,29-32H,1-5H3;/q-3;. The molecule has 0 aliphatic carbocycles. The minimum Gasteiger partial charge on any atom is -0.504 e. The van der Waals surface area contributed by atoms with Gasteiger partial charge in [0.1, 0.15) is 0 Å². The van der Waals surface area contributed by atoms with Crippen molar-refractivity contribution >= 4 is 38.9 Å². The van der Waals surface area contributed by atoms with Crippen LogP contribution in [0, 0.1) is 18.8 Å². The molecule has 0 N–H and O–H groups in total. The molecule has 2 aromatic heterocycles. The molecule has 1 aliphatic rings. The molecule has 9 rings (SSSR count). The summed E-state index contributed by atoms with van der Waals surface area (Å²) in [5.74, 6) is 0.719. The minimum atomic E-state index is 0. The largest absolute Gasteiger partial charge is 0.504 e. The van der Waals surface area contributed by atoms with Crippen LogP contribution in [-0.2, 0) is 21.1 Å². The van der Waals surface area contributed by atoms with Crippen LogP contribution in [0.2, 0.25) is 0 Å². The van der Waals surface area contributed by atoms with E-state index in [1.165, 1.54) is 27.8 Å². The van der Waals surface area contributed by atoms with Crippen LogP contribution in [0.15, 0.2) is 134 Å². The number of para-hydroxylation sites is 3. The number of anilines is 3. The van der Waals surface area contributed by atoms with Crippen LogP contribution in [0.4, 0.5) is 17.1 Å². The molecule has 53 heavy (non-hydrogen) atoms. The molecule has 0 unspecified atom stereocenters. The number of aromatic nitrogens is 3. The number of nitrogens with zero attached hydrogens (tertiary/aromatic N) is 5. The Bertz CT molecular complexity index is 2570. The van der Waals surface area contributed by atoms with Crippen LogP contribution in [0.25, 0.3) is 55.6 Å². The number of rotatable bonds is 7. The van der Waals surface area contributed by atoms with Crippen molar-refractivity contribution in [1.82, 2.24) is 14.3 Å². The second-order valence-corrected chi connectivity index (χ2v) is 14.3. The van der Waals surface area contributed by atoms with Gasteiger partial charge >= 0.3 is 0 Å². The van der Waals surface area contributed by atoms with Gasteiger partial charge in [-0.25, -0.2) is 0 Å². The van der Waals surface area contributed by atoms with E-state index in [4.69, 9.17) is 5.10 Å². The summed E-state index contributed by atoms with van der Waals surface area (Å²) in [5, 5.41) is 7.46. The summed E-state index contributed by atoms with van der Waals surface area (Å²) in [6, 6.07) is 52.9. The topological polar surface area (TPSA) is 29.2 Å². The van der Waals surface area contributed by atoms with Gasteiger partial charge in [0.15, 0.2) is 0 Å². The van der Waals surface area contributed by atoms with Gasteiger partial charge in [0.05, 0.1) is 11.9 Å². The molecule has 3 heterocycles. The van der Waals surface area contributed by atoms with Gasteiger partial charge in [0.2, 0.25) is 0 Å². The van der Waals surface area contributed by atoms with Gasteiger partial charge < -0.3 is 14.4 Å². The fourth-order valence-corrected chi connectivity index (χ4v) is 7.88. The van der Waals surface area contributed by atoms with E-state index < -0.39 is 0 Å². The first-order valence-corrected chi connectivity index (χ1v) is 18.1. The van der Waals surface area contributed by atoms with Crippen LogP contribution < -0.4 is 9.80 Å². The molecule has 5 nitrogen and oxygen atoms in total. The number of benzene rings is 6. The molecular formula is C47H40N5Pt-3. The van der Waals surface area contributed by atoms with E-state index in [-0.39, 0.29) is 21.1 Å². The van der Waals surface area contributed by atoms with E-state index in [9.17, 15) is 0 Å². The maximum Gasteiger partial charge on any atom is 0.0794 e. The van der Waals surface area contributed by atoms with Crippen molar-refractivity contribution in [3.05, 3.63) is 164 Å². The van der Waals surface area contributed by atoms with Gasteiger partial charge in [-0.2, -0.15) is 23.9 Å². The maximum absolute atomic E-state index is 5.15. The van der Waals surface area contributed by atoms with E-state index in [2.05, 4.69) is 206 Å². The van der Waals surface area contributed by atoms with Crippen molar-refractivity contribution in [2.24, 2.45) is 0 Å². The van der Waals surface area contributed by atoms with Gasteiger partial charge in [-0.15, -0.1) is 41.4 Å². The molecule has 1 aliphatic heterocycles. The fourth-order valence-electron chi connectivity index (χ4n) is 7.88. The third-order valence-electron chi connectivity index (χ3n) is 10.3. The molecule has 0 amide bonds. The van der Waals surface area contributed by atoms with Gasteiger partial charge in [0.25, 0.3) is 0 Å². The molecule has 0 fully saturated rings. The average molecular weight is 870 g/mol. The summed E-state index contributed by atoms with van der Waals surface area (Å²) < 4.78 is 4.38. The molecule has 266 valence electrons. The Kier molecular flexibility index (Phi) is 9.08. The molecule has 0 bridgehead atoms. The predicted molar refractivity (Wildman–Crippen MR) is 216 cm³/mol. The minimum absolute atomic E-state index is 0. The van der Waals surface area contributed by atoms with Crippen molar-refractivity contribution in [3.8, 4) is 33.8 Å². The van der Waals surface area contributed by atoms with E-state index in [0.717, 1.165) is 56.0 Å². The van der Waals surface area contributed by atoms with Crippen molar-refractivity contribution in [3.63, 3.8) is 0 Å². The first-order valence-electron chi connectivity index (χ1n) is 18.1. The zero-order valence-corrected chi connectivity index (χ0v) is 32.8. The summed E-state index contributed by atoms with van der Waals surface area (Å²) in [6.45, 7) is 11.2. The van der Waals surface area contributed by atoms with Crippen molar-refractivity contribution in [2.75, 3.05) is 16.8 Å². The van der Waals surface area contributed by atoms with Gasteiger partial charge in [-0.3, -0.25) is 4.68 Å². The van der Waals surface area contributed by atoms with Crippen LogP contribution in [0.5, 0.6) is 0 Å². The summed E-state index contributed by atoms with van der Waals surface area (Å²) in [7, 11) is 2.08. The summed E-state index contributed by atoms with van der Waals surface area (Å²) >= 11 is 0. The Morgan fingerprint density at radius 3 is 2.02 bits per heavy atom. The molecule has 6 heteroatoms. The van der Waals surface area contributed by atoms with Crippen LogP contribution in [0.1, 0.15) is 50.7 Å². The summed E-state index contributed by atoms with van der Waals surface area (Å²) in [6.07, 6.45) is 2.06. The van der Waals surface area contributed by atoms with Gasteiger partial charge in [0, 0.05) is 49.1 Å². The normalized spacial score (nSPS) is 12.7. The number of hydrogen-bond acceptors (Lipinski definition) is 3. The molecule has 0 spiro atoms. The summed E-state index contributed by atoms with van der Waals surface area (Å²) in [4.78, 5) is 4.36. The average Bonchev–Trinajstić information content (AvgIpc) is 3.86. The molecule has 8 aromatic rings. The molecule has 0 saturated heterocycles. The van der Waals surface area contributed by atoms with Gasteiger partial charge in [-0.1, -0.05) is 118 Å². The Labute approximate surface area is 326 Å². The SMILES string of the molecule is CC(C)c1cccc(C(C)C)c1-c1cnn(-c2[c-]c3c(cc2)c2ccccc2n3-c2[c-]c(N3[CH-]N(C)c4ccccc43)ccc2)c1-c1ccccc1.[Pt]. The van der Waals surface area contributed by atoms with Crippen molar-refractivity contribution < 1.29 is 21.1 Å². The Balaban J connectivity index is 0.00000400. The first kappa shape index (κ1) is 34.7. The Morgan fingerprint density at radius 1 is 0.604 bits per heavy atom. The first-order chi connectivity index (χ1) is 25.4. The smallest absolute Gasteiger partial charge is 0.0794 e.